The number of aromatic nitrogens is 2. The highest BCUT2D eigenvalue weighted by Crippen LogP contribution is 2.27. The molecule has 120 valence electrons. The van der Waals surface area contributed by atoms with Gasteiger partial charge < -0.3 is 15.2 Å². The number of carbonyl (C=O) groups excluding carboxylic acids is 1. The zero-order chi connectivity index (χ0) is 14.7. The Balaban J connectivity index is 0.00000176. The van der Waals surface area contributed by atoms with Gasteiger partial charge >= 0.3 is 0 Å². The third-order valence-electron chi connectivity index (χ3n) is 3.28. The van der Waals surface area contributed by atoms with Crippen LogP contribution in [0.3, 0.4) is 0 Å². The first-order valence-electron chi connectivity index (χ1n) is 6.75. The van der Waals surface area contributed by atoms with Crippen molar-refractivity contribution in [1.82, 2.24) is 20.8 Å². The molecule has 9 heteroatoms. The number of halogens is 2. The summed E-state index contributed by atoms with van der Waals surface area (Å²) in [6, 6.07) is 1.94. The van der Waals surface area contributed by atoms with Crippen molar-refractivity contribution in [2.75, 3.05) is 19.6 Å². The Bertz CT molecular complexity index is 629. The summed E-state index contributed by atoms with van der Waals surface area (Å²) in [6.45, 7) is 2.72. The van der Waals surface area contributed by atoms with Crippen LogP contribution in [0.15, 0.2) is 20.4 Å². The number of nitrogens with one attached hydrogen (secondary N) is 2. The van der Waals surface area contributed by atoms with Crippen LogP contribution in [0.4, 0.5) is 0 Å². The monoisotopic (exact) mass is 406 g/mol. The summed E-state index contributed by atoms with van der Waals surface area (Å²) in [7, 11) is 0. The molecule has 0 aliphatic carbocycles. The Hall–Kier alpha value is -0.960. The second kappa shape index (κ2) is 8.05. The number of carbonyl (C=O) groups is 1. The molecule has 1 fully saturated rings. The number of hydrogen-bond acceptors (Lipinski definition) is 6. The number of thiophene rings is 1. The summed E-state index contributed by atoms with van der Waals surface area (Å²) in [6.07, 6.45) is 0.838. The minimum absolute atomic E-state index is 0. The fraction of sp³-hybridized carbons (Fsp3) is 0.462. The molecule has 2 aromatic rings. The van der Waals surface area contributed by atoms with Crippen molar-refractivity contribution in [3.8, 4) is 10.7 Å². The molecule has 1 aliphatic rings. The average molecular weight is 408 g/mol. The van der Waals surface area contributed by atoms with Gasteiger partial charge in [-0.15, -0.1) is 23.7 Å². The van der Waals surface area contributed by atoms with Gasteiger partial charge in [0.2, 0.25) is 17.6 Å². The average Bonchev–Trinajstić information content (AvgIpc) is 3.03. The highest BCUT2D eigenvalue weighted by molar-refractivity contribution is 9.10. The molecular weight excluding hydrogens is 392 g/mol. The van der Waals surface area contributed by atoms with E-state index in [1.807, 2.05) is 11.4 Å². The van der Waals surface area contributed by atoms with E-state index < -0.39 is 0 Å². The predicted molar refractivity (Wildman–Crippen MR) is 90.2 cm³/mol. The molecule has 1 amide bonds. The largest absolute Gasteiger partial charge is 0.356 e. The van der Waals surface area contributed by atoms with Crippen LogP contribution in [-0.2, 0) is 11.2 Å². The molecule has 1 aliphatic heterocycles. The van der Waals surface area contributed by atoms with Crippen LogP contribution in [-0.4, -0.2) is 35.7 Å². The van der Waals surface area contributed by atoms with Gasteiger partial charge in [0.05, 0.1) is 4.88 Å². The lowest BCUT2D eigenvalue weighted by molar-refractivity contribution is -0.121. The number of hydrogen-bond donors (Lipinski definition) is 2. The summed E-state index contributed by atoms with van der Waals surface area (Å²) in [5.74, 6) is 1.67. The highest BCUT2D eigenvalue weighted by atomic mass is 79.9. The van der Waals surface area contributed by atoms with Gasteiger partial charge in [-0.3, -0.25) is 4.79 Å². The maximum absolute atomic E-state index is 11.7. The SMILES string of the molecule is Cl.O=C(CCc1nc(-c2cc(Br)cs2)no1)NCC1CNC1. The summed E-state index contributed by atoms with van der Waals surface area (Å²) < 4.78 is 6.18. The van der Waals surface area contributed by atoms with Crippen LogP contribution >= 0.6 is 39.7 Å². The lowest BCUT2D eigenvalue weighted by Gasteiger charge is -2.27. The third-order valence-corrected chi connectivity index (χ3v) is 4.96. The molecule has 1 saturated heterocycles. The van der Waals surface area contributed by atoms with E-state index in [9.17, 15) is 4.79 Å². The fourth-order valence-electron chi connectivity index (χ4n) is 1.95. The molecule has 0 saturated carbocycles. The van der Waals surface area contributed by atoms with Crippen molar-refractivity contribution in [2.24, 2.45) is 5.92 Å². The summed E-state index contributed by atoms with van der Waals surface area (Å²) in [4.78, 5) is 17.0. The number of nitrogens with zero attached hydrogens (tertiary/aromatic N) is 2. The Morgan fingerprint density at radius 2 is 2.36 bits per heavy atom. The first-order chi connectivity index (χ1) is 10.2. The van der Waals surface area contributed by atoms with Crippen molar-refractivity contribution in [2.45, 2.75) is 12.8 Å². The van der Waals surface area contributed by atoms with Crippen molar-refractivity contribution in [3.05, 3.63) is 21.8 Å². The standard InChI is InChI=1S/C13H15BrN4O2S.ClH/c14-9-3-10(21-7-9)13-17-12(20-18-13)2-1-11(19)16-6-8-4-15-5-8;/h3,7-8,15H,1-2,4-6H2,(H,16,19);1H. The minimum Gasteiger partial charge on any atom is -0.356 e. The van der Waals surface area contributed by atoms with Crippen molar-refractivity contribution in [3.63, 3.8) is 0 Å². The van der Waals surface area contributed by atoms with E-state index in [1.165, 1.54) is 0 Å². The van der Waals surface area contributed by atoms with Gasteiger partial charge in [-0.1, -0.05) is 5.16 Å². The predicted octanol–water partition coefficient (Wildman–Crippen LogP) is 2.25. The van der Waals surface area contributed by atoms with Gasteiger partial charge in [0.25, 0.3) is 0 Å². The Morgan fingerprint density at radius 1 is 1.55 bits per heavy atom. The van der Waals surface area contributed by atoms with E-state index >= 15 is 0 Å². The van der Waals surface area contributed by atoms with Crippen LogP contribution < -0.4 is 10.6 Å². The third kappa shape index (κ3) is 4.52. The van der Waals surface area contributed by atoms with Crippen molar-refractivity contribution < 1.29 is 9.32 Å². The molecule has 0 radical (unpaired) electrons. The summed E-state index contributed by atoms with van der Waals surface area (Å²) in [5.41, 5.74) is 0. The molecule has 0 bridgehead atoms. The normalized spacial score (nSPS) is 14.2. The number of rotatable bonds is 6. The molecule has 0 spiro atoms. The minimum atomic E-state index is 0. The zero-order valence-electron chi connectivity index (χ0n) is 11.7. The molecule has 3 rings (SSSR count). The highest BCUT2D eigenvalue weighted by Gasteiger charge is 2.17. The summed E-state index contributed by atoms with van der Waals surface area (Å²) in [5, 5.41) is 12.0. The van der Waals surface area contributed by atoms with Crippen LogP contribution in [0.2, 0.25) is 0 Å². The van der Waals surface area contributed by atoms with E-state index in [1.54, 1.807) is 11.3 Å². The van der Waals surface area contributed by atoms with Crippen LogP contribution in [0, 0.1) is 5.92 Å². The van der Waals surface area contributed by atoms with Gasteiger partial charge in [-0.05, 0) is 22.0 Å². The second-order valence-corrected chi connectivity index (χ2v) is 6.80. The summed E-state index contributed by atoms with van der Waals surface area (Å²) >= 11 is 4.94. The first-order valence-corrected chi connectivity index (χ1v) is 8.42. The van der Waals surface area contributed by atoms with Crippen LogP contribution in [0.5, 0.6) is 0 Å². The smallest absolute Gasteiger partial charge is 0.227 e. The van der Waals surface area contributed by atoms with E-state index in [0.29, 0.717) is 30.5 Å². The molecule has 6 nitrogen and oxygen atoms in total. The zero-order valence-corrected chi connectivity index (χ0v) is 14.9. The first kappa shape index (κ1) is 17.4. The molecule has 0 aromatic carbocycles. The quantitative estimate of drug-likeness (QED) is 0.768. The van der Waals surface area contributed by atoms with Crippen LogP contribution in [0.1, 0.15) is 12.3 Å². The number of aryl methyl sites for hydroxylation is 1. The number of amides is 1. The molecule has 0 atom stereocenters. The molecule has 3 heterocycles. The molecule has 2 N–H and O–H groups in total. The topological polar surface area (TPSA) is 80.0 Å². The molecular formula is C13H16BrClN4O2S. The van der Waals surface area contributed by atoms with Gasteiger partial charge in [-0.25, -0.2) is 0 Å². The van der Waals surface area contributed by atoms with Crippen molar-refractivity contribution >= 4 is 45.6 Å². The van der Waals surface area contributed by atoms with Gasteiger partial charge in [0.15, 0.2) is 0 Å². The molecule has 2 aromatic heterocycles. The van der Waals surface area contributed by atoms with Crippen LogP contribution in [0.25, 0.3) is 10.7 Å². The van der Waals surface area contributed by atoms with Gasteiger partial charge in [0, 0.05) is 48.2 Å². The van der Waals surface area contributed by atoms with Gasteiger partial charge in [0.1, 0.15) is 0 Å². The van der Waals surface area contributed by atoms with E-state index in [2.05, 4.69) is 36.7 Å². The maximum Gasteiger partial charge on any atom is 0.227 e. The van der Waals surface area contributed by atoms with E-state index in [4.69, 9.17) is 4.52 Å². The fourth-order valence-corrected chi connectivity index (χ4v) is 3.30. The lowest BCUT2D eigenvalue weighted by atomic mass is 10.0. The molecule has 0 unspecified atom stereocenters. The Labute approximate surface area is 146 Å². The Morgan fingerprint density at radius 3 is 3.00 bits per heavy atom. The second-order valence-electron chi connectivity index (χ2n) is 4.97. The van der Waals surface area contributed by atoms with E-state index in [-0.39, 0.29) is 18.3 Å². The maximum atomic E-state index is 11.7. The van der Waals surface area contributed by atoms with Gasteiger partial charge in [-0.2, -0.15) is 4.98 Å². The van der Waals surface area contributed by atoms with E-state index in [0.717, 1.165) is 29.0 Å². The lowest BCUT2D eigenvalue weighted by Crippen LogP contribution is -2.48. The van der Waals surface area contributed by atoms with Crippen molar-refractivity contribution in [1.29, 1.82) is 0 Å². The molecule has 22 heavy (non-hydrogen) atoms. The Kier molecular flexibility index (Phi) is 6.37.